The Balaban J connectivity index is 1.53. The summed E-state index contributed by atoms with van der Waals surface area (Å²) in [6.45, 7) is 6.39. The van der Waals surface area contributed by atoms with E-state index in [1.807, 2.05) is 25.1 Å². The van der Waals surface area contributed by atoms with Crippen LogP contribution in [-0.4, -0.2) is 35.8 Å². The molecular formula is C31H27FN2O5S. The van der Waals surface area contributed by atoms with Crippen LogP contribution in [-0.2, 0) is 17.8 Å². The van der Waals surface area contributed by atoms with Crippen molar-refractivity contribution in [1.82, 2.24) is 4.90 Å². The van der Waals surface area contributed by atoms with Gasteiger partial charge in [-0.25, -0.2) is 4.39 Å². The second kappa shape index (κ2) is 13.5. The molecule has 1 aliphatic heterocycles. The molecule has 0 N–H and O–H groups in total. The number of nitriles is 1. The van der Waals surface area contributed by atoms with Crippen LogP contribution in [0.2, 0.25) is 0 Å². The summed E-state index contributed by atoms with van der Waals surface area (Å²) in [6.07, 6.45) is 3.86. The van der Waals surface area contributed by atoms with Gasteiger partial charge in [0, 0.05) is 11.1 Å². The van der Waals surface area contributed by atoms with Crippen LogP contribution < -0.4 is 14.2 Å². The number of carbonyl (C=O) groups is 2. The number of hydrogen-bond acceptors (Lipinski definition) is 7. The molecule has 0 aliphatic carbocycles. The minimum Gasteiger partial charge on any atom is -0.492 e. The number of carbonyl (C=O) groups excluding carboxylic acids is 2. The molecule has 204 valence electrons. The van der Waals surface area contributed by atoms with Gasteiger partial charge >= 0.3 is 0 Å². The number of allylic oxidation sites excluding steroid dienone is 1. The third-order valence-corrected chi connectivity index (χ3v) is 6.80. The molecule has 0 spiro atoms. The molecule has 0 bridgehead atoms. The number of hydrogen-bond donors (Lipinski definition) is 0. The summed E-state index contributed by atoms with van der Waals surface area (Å²) >= 11 is 0.850. The molecule has 4 rings (SSSR count). The number of thioether (sulfide) groups is 1. The Labute approximate surface area is 236 Å². The summed E-state index contributed by atoms with van der Waals surface area (Å²) in [5.41, 5.74) is 2.73. The highest BCUT2D eigenvalue weighted by Crippen LogP contribution is 2.38. The lowest BCUT2D eigenvalue weighted by molar-refractivity contribution is -0.123. The standard InChI is InChI=1S/C31H27FN2O5S/c1-3-7-22-16-21(17-27(37-4-2)29(22)39-20-24-9-6-5-8-23(24)19-33)18-28-30(35)34(31(36)40-28)14-15-38-26-12-10-25(32)11-13-26/h3,5-6,8-13,16-18H,1,4,7,14-15,20H2,2H3/b28-18-. The molecule has 3 aromatic carbocycles. The van der Waals surface area contributed by atoms with Gasteiger partial charge in [0.2, 0.25) is 0 Å². The van der Waals surface area contributed by atoms with Crippen molar-refractivity contribution in [1.29, 1.82) is 5.26 Å². The maximum Gasteiger partial charge on any atom is 0.293 e. The fourth-order valence-electron chi connectivity index (χ4n) is 4.04. The SMILES string of the molecule is C=CCc1cc(/C=C2\SC(=O)N(CCOc3ccc(F)cc3)C2=O)cc(OCC)c1OCc1ccccc1C#N. The average molecular weight is 559 g/mol. The second-order valence-electron chi connectivity index (χ2n) is 8.63. The number of ether oxygens (including phenoxy) is 3. The van der Waals surface area contributed by atoms with Gasteiger partial charge in [-0.2, -0.15) is 5.26 Å². The van der Waals surface area contributed by atoms with E-state index in [0.29, 0.717) is 41.4 Å². The normalized spacial score (nSPS) is 13.8. The Morgan fingerprint density at radius 1 is 1.05 bits per heavy atom. The molecule has 1 saturated heterocycles. The molecule has 40 heavy (non-hydrogen) atoms. The minimum atomic E-state index is -0.422. The largest absolute Gasteiger partial charge is 0.492 e. The van der Waals surface area contributed by atoms with E-state index in [1.54, 1.807) is 30.4 Å². The first kappa shape index (κ1) is 28.5. The molecule has 1 heterocycles. The fourth-order valence-corrected chi connectivity index (χ4v) is 4.90. The highest BCUT2D eigenvalue weighted by Gasteiger charge is 2.35. The number of halogens is 1. The van der Waals surface area contributed by atoms with Crippen molar-refractivity contribution in [2.75, 3.05) is 19.8 Å². The molecule has 0 radical (unpaired) electrons. The first-order chi connectivity index (χ1) is 19.4. The van der Waals surface area contributed by atoms with Crippen LogP contribution in [0, 0.1) is 17.1 Å². The Morgan fingerprint density at radius 2 is 1.82 bits per heavy atom. The van der Waals surface area contributed by atoms with Crippen molar-refractivity contribution in [2.24, 2.45) is 0 Å². The first-order valence-corrected chi connectivity index (χ1v) is 13.4. The summed E-state index contributed by atoms with van der Waals surface area (Å²) in [5, 5.41) is 9.01. The molecule has 3 aromatic rings. The van der Waals surface area contributed by atoms with E-state index in [0.717, 1.165) is 27.8 Å². The van der Waals surface area contributed by atoms with Crippen molar-refractivity contribution < 1.29 is 28.2 Å². The fraction of sp³-hybridized carbons (Fsp3) is 0.194. The molecule has 1 aliphatic rings. The molecule has 7 nitrogen and oxygen atoms in total. The zero-order valence-electron chi connectivity index (χ0n) is 21.9. The van der Waals surface area contributed by atoms with Gasteiger partial charge in [0.15, 0.2) is 11.5 Å². The van der Waals surface area contributed by atoms with E-state index in [9.17, 15) is 19.2 Å². The van der Waals surface area contributed by atoms with Crippen LogP contribution in [0.5, 0.6) is 17.2 Å². The van der Waals surface area contributed by atoms with Crippen LogP contribution in [0.15, 0.2) is 78.2 Å². The number of rotatable bonds is 12. The Kier molecular flexibility index (Phi) is 9.60. The summed E-state index contributed by atoms with van der Waals surface area (Å²) in [6, 6.07) is 18.5. The van der Waals surface area contributed by atoms with Crippen LogP contribution in [0.25, 0.3) is 6.08 Å². The molecule has 0 aromatic heterocycles. The molecule has 0 saturated carbocycles. The maximum absolute atomic E-state index is 13.1. The minimum absolute atomic E-state index is 0.0578. The van der Waals surface area contributed by atoms with Gasteiger partial charge in [-0.1, -0.05) is 24.3 Å². The third kappa shape index (κ3) is 6.90. The number of benzene rings is 3. The van der Waals surface area contributed by atoms with Gasteiger partial charge in [0.05, 0.1) is 29.7 Å². The van der Waals surface area contributed by atoms with Gasteiger partial charge in [0.1, 0.15) is 24.8 Å². The van der Waals surface area contributed by atoms with E-state index < -0.39 is 11.1 Å². The van der Waals surface area contributed by atoms with E-state index in [-0.39, 0.29) is 30.5 Å². The summed E-state index contributed by atoms with van der Waals surface area (Å²) in [7, 11) is 0. The van der Waals surface area contributed by atoms with Crippen LogP contribution in [0.1, 0.15) is 29.2 Å². The molecular weight excluding hydrogens is 531 g/mol. The predicted molar refractivity (Wildman–Crippen MR) is 152 cm³/mol. The quantitative estimate of drug-likeness (QED) is 0.185. The lowest BCUT2D eigenvalue weighted by atomic mass is 10.0. The summed E-state index contributed by atoms with van der Waals surface area (Å²) in [4.78, 5) is 27.0. The van der Waals surface area contributed by atoms with E-state index in [4.69, 9.17) is 14.2 Å². The van der Waals surface area contributed by atoms with Crippen molar-refractivity contribution in [2.45, 2.75) is 20.0 Å². The van der Waals surface area contributed by atoms with E-state index in [1.165, 1.54) is 24.3 Å². The predicted octanol–water partition coefficient (Wildman–Crippen LogP) is 6.52. The second-order valence-corrected chi connectivity index (χ2v) is 9.62. The molecule has 0 atom stereocenters. The number of amides is 2. The van der Waals surface area contributed by atoms with Crippen LogP contribution in [0.3, 0.4) is 0 Å². The van der Waals surface area contributed by atoms with Crippen LogP contribution >= 0.6 is 11.8 Å². The van der Waals surface area contributed by atoms with Gasteiger partial charge < -0.3 is 14.2 Å². The van der Waals surface area contributed by atoms with Gasteiger partial charge in [-0.15, -0.1) is 6.58 Å². The topological polar surface area (TPSA) is 88.9 Å². The maximum atomic E-state index is 13.1. The van der Waals surface area contributed by atoms with E-state index >= 15 is 0 Å². The number of nitrogens with zero attached hydrogens (tertiary/aromatic N) is 2. The highest BCUT2D eigenvalue weighted by atomic mass is 32.2. The van der Waals surface area contributed by atoms with Crippen molar-refractivity contribution in [3.63, 3.8) is 0 Å². The Hall–Kier alpha value is -4.55. The average Bonchev–Trinajstić information content (AvgIpc) is 3.21. The lowest BCUT2D eigenvalue weighted by Crippen LogP contribution is -2.32. The highest BCUT2D eigenvalue weighted by molar-refractivity contribution is 8.18. The van der Waals surface area contributed by atoms with Crippen molar-refractivity contribution >= 4 is 29.0 Å². The smallest absolute Gasteiger partial charge is 0.293 e. The molecule has 0 unspecified atom stereocenters. The zero-order valence-corrected chi connectivity index (χ0v) is 22.7. The Morgan fingerprint density at radius 3 is 2.55 bits per heavy atom. The zero-order chi connectivity index (χ0) is 28.5. The van der Waals surface area contributed by atoms with Crippen LogP contribution in [0.4, 0.5) is 9.18 Å². The first-order valence-electron chi connectivity index (χ1n) is 12.6. The van der Waals surface area contributed by atoms with E-state index in [2.05, 4.69) is 12.6 Å². The van der Waals surface area contributed by atoms with Gasteiger partial charge in [-0.05, 0) is 79.2 Å². The summed E-state index contributed by atoms with van der Waals surface area (Å²) in [5.74, 6) is 0.651. The molecule has 1 fully saturated rings. The summed E-state index contributed by atoms with van der Waals surface area (Å²) < 4.78 is 30.7. The lowest BCUT2D eigenvalue weighted by Gasteiger charge is -2.17. The van der Waals surface area contributed by atoms with Gasteiger partial charge in [0.25, 0.3) is 11.1 Å². The Bertz CT molecular complexity index is 1480. The molecule has 9 heteroatoms. The third-order valence-electron chi connectivity index (χ3n) is 5.90. The monoisotopic (exact) mass is 558 g/mol. The van der Waals surface area contributed by atoms with Gasteiger partial charge in [-0.3, -0.25) is 14.5 Å². The number of imide groups is 1. The van der Waals surface area contributed by atoms with Crippen molar-refractivity contribution in [3.05, 3.63) is 106 Å². The van der Waals surface area contributed by atoms with Crippen molar-refractivity contribution in [3.8, 4) is 23.3 Å². The molecule has 2 amide bonds.